The number of carbonyl (C=O) groups is 1. The van der Waals surface area contributed by atoms with E-state index in [1.165, 1.54) is 12.1 Å². The molecule has 1 atom stereocenters. The second-order valence-electron chi connectivity index (χ2n) is 5.70. The molecule has 0 fully saturated rings. The van der Waals surface area contributed by atoms with Crippen molar-refractivity contribution in [3.8, 4) is 5.75 Å². The van der Waals surface area contributed by atoms with Gasteiger partial charge in [0.25, 0.3) is 5.91 Å². The summed E-state index contributed by atoms with van der Waals surface area (Å²) in [6.07, 6.45) is 0. The van der Waals surface area contributed by atoms with Crippen LogP contribution in [0.2, 0.25) is 0 Å². The lowest BCUT2D eigenvalue weighted by molar-refractivity contribution is -0.885. The van der Waals surface area contributed by atoms with Crippen LogP contribution in [0.3, 0.4) is 0 Å². The molecule has 2 aromatic rings. The third-order valence-electron chi connectivity index (χ3n) is 3.54. The van der Waals surface area contributed by atoms with Crippen molar-refractivity contribution in [1.82, 2.24) is 0 Å². The fourth-order valence-corrected chi connectivity index (χ4v) is 2.38. The number of rotatable bonds is 7. The fraction of sp³-hybridized carbons (Fsp3) is 0.278. The first-order valence-corrected chi connectivity index (χ1v) is 7.64. The molecule has 6 heteroatoms. The molecule has 0 saturated carbocycles. The van der Waals surface area contributed by atoms with Gasteiger partial charge in [-0.3, -0.25) is 4.79 Å². The lowest BCUT2D eigenvalue weighted by atomic mass is 10.2. The number of aryl methyl sites for hydroxylation is 1. The van der Waals surface area contributed by atoms with Crippen molar-refractivity contribution < 1.29 is 23.2 Å². The highest BCUT2D eigenvalue weighted by Crippen LogP contribution is 2.14. The van der Waals surface area contributed by atoms with Crippen LogP contribution in [0.1, 0.15) is 11.1 Å². The summed E-state index contributed by atoms with van der Waals surface area (Å²) in [5, 5.41) is 2.89. The predicted molar refractivity (Wildman–Crippen MR) is 88.3 cm³/mol. The maximum absolute atomic E-state index is 12.1. The molecule has 2 aromatic carbocycles. The summed E-state index contributed by atoms with van der Waals surface area (Å²) in [5.74, 6) is 0.0585. The van der Waals surface area contributed by atoms with E-state index in [2.05, 4.69) is 10.1 Å². The Morgan fingerprint density at radius 2 is 1.83 bits per heavy atom. The Morgan fingerprint density at radius 3 is 2.46 bits per heavy atom. The minimum Gasteiger partial charge on any atom is -0.435 e. The zero-order valence-corrected chi connectivity index (χ0v) is 13.7. The van der Waals surface area contributed by atoms with Crippen LogP contribution in [0.15, 0.2) is 48.5 Å². The van der Waals surface area contributed by atoms with Gasteiger partial charge in [-0.15, -0.1) is 0 Å². The van der Waals surface area contributed by atoms with Gasteiger partial charge in [0, 0.05) is 11.3 Å². The molecule has 2 rings (SSSR count). The van der Waals surface area contributed by atoms with Crippen molar-refractivity contribution in [1.29, 1.82) is 0 Å². The zero-order chi connectivity index (χ0) is 17.5. The van der Waals surface area contributed by atoms with Crippen LogP contribution in [0.5, 0.6) is 5.75 Å². The number of benzene rings is 2. The average Bonchev–Trinajstić information content (AvgIpc) is 2.51. The van der Waals surface area contributed by atoms with E-state index in [0.29, 0.717) is 13.1 Å². The largest absolute Gasteiger partial charge is 0.435 e. The van der Waals surface area contributed by atoms with Gasteiger partial charge in [-0.05, 0) is 42.8 Å². The van der Waals surface area contributed by atoms with Gasteiger partial charge in [0.2, 0.25) is 0 Å². The summed E-state index contributed by atoms with van der Waals surface area (Å²) in [7, 11) is 1.90. The number of anilines is 1. The molecular weight excluding hydrogens is 314 g/mol. The number of para-hydroxylation sites is 1. The summed E-state index contributed by atoms with van der Waals surface area (Å²) in [6.45, 7) is 0.0314. The number of amides is 1. The number of halogens is 2. The Bertz CT molecular complexity index is 675. The number of ether oxygens (including phenoxy) is 1. The zero-order valence-electron chi connectivity index (χ0n) is 13.7. The lowest BCUT2D eigenvalue weighted by Crippen LogP contribution is -3.08. The van der Waals surface area contributed by atoms with Gasteiger partial charge in [-0.25, -0.2) is 0 Å². The Balaban J connectivity index is 1.85. The Hall–Kier alpha value is -2.47. The number of alkyl halides is 2. The van der Waals surface area contributed by atoms with Crippen LogP contribution in [0.25, 0.3) is 0 Å². The van der Waals surface area contributed by atoms with E-state index in [9.17, 15) is 13.6 Å². The van der Waals surface area contributed by atoms with Gasteiger partial charge in [0.15, 0.2) is 6.54 Å². The highest BCUT2D eigenvalue weighted by molar-refractivity contribution is 5.92. The summed E-state index contributed by atoms with van der Waals surface area (Å²) in [5.41, 5.74) is 2.76. The minimum atomic E-state index is -2.82. The number of hydrogen-bond acceptors (Lipinski definition) is 2. The lowest BCUT2D eigenvalue weighted by Gasteiger charge is -2.15. The van der Waals surface area contributed by atoms with E-state index in [0.717, 1.165) is 21.7 Å². The topological polar surface area (TPSA) is 42.8 Å². The standard InChI is InChI=1S/C18H20F2N2O2/c1-13-5-3-4-6-16(13)21-17(23)12-22(2)11-14-7-9-15(10-8-14)24-18(19)20/h3-10,18H,11-12H2,1-2H3,(H,21,23)/p+1. The number of carbonyl (C=O) groups excluding carboxylic acids is 1. The summed E-state index contributed by atoms with van der Waals surface area (Å²) < 4.78 is 28.5. The predicted octanol–water partition coefficient (Wildman–Crippen LogP) is 2.25. The molecule has 128 valence electrons. The quantitative estimate of drug-likeness (QED) is 0.815. The average molecular weight is 335 g/mol. The first kappa shape index (κ1) is 17.9. The van der Waals surface area contributed by atoms with Gasteiger partial charge in [-0.2, -0.15) is 8.78 Å². The third kappa shape index (κ3) is 5.62. The Kier molecular flexibility index (Phi) is 6.26. The molecule has 0 heterocycles. The summed E-state index contributed by atoms with van der Waals surface area (Å²) in [4.78, 5) is 13.1. The van der Waals surface area contributed by atoms with E-state index in [4.69, 9.17) is 0 Å². The van der Waals surface area contributed by atoms with Gasteiger partial charge >= 0.3 is 6.61 Å². The summed E-state index contributed by atoms with van der Waals surface area (Å²) in [6, 6.07) is 14.1. The number of hydrogen-bond donors (Lipinski definition) is 2. The first-order valence-electron chi connectivity index (χ1n) is 7.64. The van der Waals surface area contributed by atoms with Crippen LogP contribution in [0, 0.1) is 6.92 Å². The molecule has 0 aliphatic carbocycles. The van der Waals surface area contributed by atoms with Crippen molar-refractivity contribution in [2.45, 2.75) is 20.1 Å². The van der Waals surface area contributed by atoms with Crippen LogP contribution in [-0.2, 0) is 11.3 Å². The highest BCUT2D eigenvalue weighted by atomic mass is 19.3. The molecule has 4 nitrogen and oxygen atoms in total. The van der Waals surface area contributed by atoms with Crippen molar-refractivity contribution in [2.75, 3.05) is 18.9 Å². The van der Waals surface area contributed by atoms with Crippen molar-refractivity contribution in [2.24, 2.45) is 0 Å². The molecule has 2 N–H and O–H groups in total. The highest BCUT2D eigenvalue weighted by Gasteiger charge is 2.12. The molecule has 1 amide bonds. The fourth-order valence-electron chi connectivity index (χ4n) is 2.38. The molecule has 0 radical (unpaired) electrons. The van der Waals surface area contributed by atoms with Crippen molar-refractivity contribution in [3.63, 3.8) is 0 Å². The monoisotopic (exact) mass is 335 g/mol. The molecule has 0 spiro atoms. The molecule has 0 saturated heterocycles. The molecule has 0 aliphatic heterocycles. The molecule has 0 aliphatic rings. The minimum absolute atomic E-state index is 0.0700. The van der Waals surface area contributed by atoms with Gasteiger partial charge in [0.1, 0.15) is 12.3 Å². The van der Waals surface area contributed by atoms with Crippen molar-refractivity contribution in [3.05, 3.63) is 59.7 Å². The smallest absolute Gasteiger partial charge is 0.387 e. The van der Waals surface area contributed by atoms with Crippen LogP contribution in [-0.4, -0.2) is 26.1 Å². The maximum atomic E-state index is 12.1. The number of likely N-dealkylation sites (N-methyl/N-ethyl adjacent to an activating group) is 1. The van der Waals surface area contributed by atoms with Gasteiger partial charge < -0.3 is 15.0 Å². The van der Waals surface area contributed by atoms with E-state index in [-0.39, 0.29) is 11.7 Å². The molecule has 24 heavy (non-hydrogen) atoms. The second-order valence-corrected chi connectivity index (χ2v) is 5.70. The number of nitrogens with one attached hydrogen (secondary N) is 2. The molecule has 0 bridgehead atoms. The van der Waals surface area contributed by atoms with E-state index in [1.54, 1.807) is 12.1 Å². The van der Waals surface area contributed by atoms with Crippen LogP contribution >= 0.6 is 0 Å². The Morgan fingerprint density at radius 1 is 1.17 bits per heavy atom. The third-order valence-corrected chi connectivity index (χ3v) is 3.54. The molecule has 0 aromatic heterocycles. The van der Waals surface area contributed by atoms with Crippen LogP contribution < -0.4 is 15.0 Å². The van der Waals surface area contributed by atoms with Gasteiger partial charge in [0.05, 0.1) is 7.05 Å². The normalized spacial score (nSPS) is 12.0. The molecule has 1 unspecified atom stereocenters. The first-order chi connectivity index (χ1) is 11.4. The van der Waals surface area contributed by atoms with Crippen LogP contribution in [0.4, 0.5) is 14.5 Å². The SMILES string of the molecule is Cc1ccccc1NC(=O)C[NH+](C)Cc1ccc(OC(F)F)cc1. The van der Waals surface area contributed by atoms with E-state index >= 15 is 0 Å². The number of quaternary nitrogens is 1. The van der Waals surface area contributed by atoms with E-state index < -0.39 is 6.61 Å². The van der Waals surface area contributed by atoms with E-state index in [1.807, 2.05) is 38.2 Å². The Labute approximate surface area is 140 Å². The molecular formula is C18H21F2N2O2+. The van der Waals surface area contributed by atoms with Crippen molar-refractivity contribution >= 4 is 11.6 Å². The second kappa shape index (κ2) is 8.40. The van der Waals surface area contributed by atoms with Gasteiger partial charge in [-0.1, -0.05) is 18.2 Å². The summed E-state index contributed by atoms with van der Waals surface area (Å²) >= 11 is 0. The maximum Gasteiger partial charge on any atom is 0.387 e.